The number of carbonyl (C=O) groups is 1. The Balaban J connectivity index is 2.92. The summed E-state index contributed by atoms with van der Waals surface area (Å²) in [4.78, 5) is 12.1. The zero-order valence-corrected chi connectivity index (χ0v) is 14.9. The molecule has 0 spiro atoms. The van der Waals surface area contributed by atoms with Gasteiger partial charge in [0.15, 0.2) is 0 Å². The van der Waals surface area contributed by atoms with Crippen LogP contribution in [0.25, 0.3) is 0 Å². The molecule has 1 aromatic carbocycles. The first-order valence-electron chi connectivity index (χ1n) is 7.32. The van der Waals surface area contributed by atoms with Crippen LogP contribution in [0.2, 0.25) is 0 Å². The van der Waals surface area contributed by atoms with Crippen molar-refractivity contribution in [1.29, 1.82) is 0 Å². The Morgan fingerprint density at radius 2 is 1.87 bits per heavy atom. The van der Waals surface area contributed by atoms with Crippen LogP contribution < -0.4 is 10.6 Å². The third-order valence-corrected chi connectivity index (χ3v) is 4.25. The molecule has 0 fully saturated rings. The Morgan fingerprint density at radius 1 is 1.26 bits per heavy atom. The maximum Gasteiger partial charge on any atom is 0.315 e. The van der Waals surface area contributed by atoms with E-state index in [-0.39, 0.29) is 11.6 Å². The lowest BCUT2D eigenvalue weighted by atomic mass is 9.82. The van der Waals surface area contributed by atoms with Gasteiger partial charge in [0.1, 0.15) is 11.6 Å². The third kappa shape index (κ3) is 6.25. The molecular formula is C16H24F2N2O2S. The molecule has 4 nitrogen and oxygen atoms in total. The van der Waals surface area contributed by atoms with Crippen molar-refractivity contribution >= 4 is 16.8 Å². The van der Waals surface area contributed by atoms with E-state index in [4.69, 9.17) is 0 Å². The smallest absolute Gasteiger partial charge is 0.315 e. The van der Waals surface area contributed by atoms with Gasteiger partial charge in [-0.25, -0.2) is 13.6 Å². The van der Waals surface area contributed by atoms with Gasteiger partial charge >= 0.3 is 6.03 Å². The number of benzene rings is 1. The normalized spacial score (nSPS) is 15.6. The van der Waals surface area contributed by atoms with E-state index >= 15 is 0 Å². The van der Waals surface area contributed by atoms with E-state index in [2.05, 4.69) is 10.6 Å². The number of urea groups is 1. The first-order valence-corrected chi connectivity index (χ1v) is 9.05. The summed E-state index contributed by atoms with van der Waals surface area (Å²) in [6.45, 7) is 7.30. The molecule has 0 aliphatic heterocycles. The molecule has 0 saturated carbocycles. The van der Waals surface area contributed by atoms with Gasteiger partial charge < -0.3 is 10.6 Å². The predicted molar refractivity (Wildman–Crippen MR) is 88.6 cm³/mol. The molecular weight excluding hydrogens is 322 g/mol. The van der Waals surface area contributed by atoms with E-state index in [9.17, 15) is 17.8 Å². The summed E-state index contributed by atoms with van der Waals surface area (Å²) in [5, 5.41) is 5.40. The zero-order valence-electron chi connectivity index (χ0n) is 14.1. The van der Waals surface area contributed by atoms with Crippen molar-refractivity contribution in [3.8, 4) is 0 Å². The summed E-state index contributed by atoms with van der Waals surface area (Å²) in [6.07, 6.45) is 1.56. The summed E-state index contributed by atoms with van der Waals surface area (Å²) in [5.41, 5.74) is -0.256. The van der Waals surface area contributed by atoms with Crippen LogP contribution in [-0.2, 0) is 10.8 Å². The molecule has 0 radical (unpaired) electrons. The second kappa shape index (κ2) is 7.86. The highest BCUT2D eigenvalue weighted by Crippen LogP contribution is 2.34. The van der Waals surface area contributed by atoms with Crippen LogP contribution in [0.15, 0.2) is 18.2 Å². The molecule has 2 amide bonds. The van der Waals surface area contributed by atoms with Crippen LogP contribution in [0.4, 0.5) is 13.6 Å². The van der Waals surface area contributed by atoms with E-state index in [1.54, 1.807) is 13.2 Å². The highest BCUT2D eigenvalue weighted by molar-refractivity contribution is 7.84. The zero-order chi connectivity index (χ0) is 17.8. The highest BCUT2D eigenvalue weighted by atomic mass is 32.2. The largest absolute Gasteiger partial charge is 0.335 e. The molecule has 0 saturated heterocycles. The van der Waals surface area contributed by atoms with Crippen molar-refractivity contribution in [3.63, 3.8) is 0 Å². The van der Waals surface area contributed by atoms with E-state index in [0.29, 0.717) is 5.75 Å². The molecule has 23 heavy (non-hydrogen) atoms. The molecule has 0 bridgehead atoms. The molecule has 2 N–H and O–H groups in total. The number of halogens is 2. The van der Waals surface area contributed by atoms with Crippen molar-refractivity contribution < 1.29 is 17.8 Å². The monoisotopic (exact) mass is 346 g/mol. The summed E-state index contributed by atoms with van der Waals surface area (Å²) in [7, 11) is -1.03. The second-order valence-electron chi connectivity index (χ2n) is 6.72. The molecule has 1 rings (SSSR count). The molecule has 1 aromatic rings. The average molecular weight is 346 g/mol. The number of amides is 2. The lowest BCUT2D eigenvalue weighted by Crippen LogP contribution is -2.47. The van der Waals surface area contributed by atoms with Gasteiger partial charge in [-0.3, -0.25) is 4.21 Å². The summed E-state index contributed by atoms with van der Waals surface area (Å²) in [5.74, 6) is -1.03. The molecule has 3 atom stereocenters. The molecule has 0 unspecified atom stereocenters. The second-order valence-corrected chi connectivity index (χ2v) is 8.20. The van der Waals surface area contributed by atoms with Crippen molar-refractivity contribution in [2.75, 3.05) is 12.0 Å². The molecule has 0 aliphatic carbocycles. The fourth-order valence-corrected chi connectivity index (χ4v) is 3.07. The van der Waals surface area contributed by atoms with Crippen LogP contribution >= 0.6 is 0 Å². The SMILES string of the molecule is C[C@H](C[S@](C)=O)NC(=O)N[C@@H](c1ccc(F)cc1F)C(C)(C)C. The van der Waals surface area contributed by atoms with Gasteiger partial charge in [-0.15, -0.1) is 0 Å². The van der Waals surface area contributed by atoms with E-state index < -0.39 is 39.9 Å². The maximum atomic E-state index is 14.1. The van der Waals surface area contributed by atoms with Crippen LogP contribution in [0.3, 0.4) is 0 Å². The molecule has 0 aromatic heterocycles. The molecule has 7 heteroatoms. The summed E-state index contributed by atoms with van der Waals surface area (Å²) >= 11 is 0. The first-order chi connectivity index (χ1) is 10.5. The predicted octanol–water partition coefficient (Wildman–Crippen LogP) is 3.12. The van der Waals surface area contributed by atoms with E-state index in [1.165, 1.54) is 12.1 Å². The van der Waals surface area contributed by atoms with Crippen LogP contribution in [0, 0.1) is 17.0 Å². The lowest BCUT2D eigenvalue weighted by Gasteiger charge is -2.32. The number of hydrogen-bond donors (Lipinski definition) is 2. The van der Waals surface area contributed by atoms with Crippen molar-refractivity contribution in [1.82, 2.24) is 10.6 Å². The minimum atomic E-state index is -1.03. The number of rotatable bonds is 5. The van der Waals surface area contributed by atoms with Crippen LogP contribution in [0.1, 0.15) is 39.3 Å². The molecule has 130 valence electrons. The standard InChI is InChI=1S/C16H24F2N2O2S/c1-10(9-23(5)22)19-15(21)20-14(16(2,3)4)12-7-6-11(17)8-13(12)18/h6-8,10,14H,9H2,1-5H3,(H2,19,20,21)/t10-,14+,23+/m1/s1. The van der Waals surface area contributed by atoms with Crippen molar-refractivity contribution in [2.24, 2.45) is 5.41 Å². The maximum absolute atomic E-state index is 14.1. The Bertz CT molecular complexity index is 588. The topological polar surface area (TPSA) is 58.2 Å². The van der Waals surface area contributed by atoms with E-state index in [0.717, 1.165) is 6.07 Å². The van der Waals surface area contributed by atoms with Gasteiger partial charge in [-0.05, 0) is 18.4 Å². The fraction of sp³-hybridized carbons (Fsp3) is 0.562. The Labute approximate surface area is 138 Å². The Kier molecular flexibility index (Phi) is 6.68. The quantitative estimate of drug-likeness (QED) is 0.861. The molecule has 0 aliphatic rings. The number of carbonyl (C=O) groups excluding carboxylic acids is 1. The van der Waals surface area contributed by atoms with Crippen LogP contribution in [-0.4, -0.2) is 28.3 Å². The van der Waals surface area contributed by atoms with Gasteiger partial charge in [-0.1, -0.05) is 26.8 Å². The fourth-order valence-electron chi connectivity index (χ4n) is 2.29. The van der Waals surface area contributed by atoms with Crippen molar-refractivity contribution in [3.05, 3.63) is 35.4 Å². The van der Waals surface area contributed by atoms with Gasteiger partial charge in [0.25, 0.3) is 0 Å². The first kappa shape index (κ1) is 19.5. The van der Waals surface area contributed by atoms with Gasteiger partial charge in [0, 0.05) is 40.5 Å². The summed E-state index contributed by atoms with van der Waals surface area (Å²) in [6, 6.07) is 1.91. The van der Waals surface area contributed by atoms with Crippen LogP contribution in [0.5, 0.6) is 0 Å². The van der Waals surface area contributed by atoms with Gasteiger partial charge in [0.2, 0.25) is 0 Å². The Hall–Kier alpha value is -1.50. The third-order valence-electron chi connectivity index (χ3n) is 3.28. The lowest BCUT2D eigenvalue weighted by molar-refractivity contribution is 0.215. The minimum Gasteiger partial charge on any atom is -0.335 e. The van der Waals surface area contributed by atoms with E-state index in [1.807, 2.05) is 20.8 Å². The average Bonchev–Trinajstić information content (AvgIpc) is 2.34. The minimum absolute atomic E-state index is 0.223. The van der Waals surface area contributed by atoms with Crippen molar-refractivity contribution in [2.45, 2.75) is 39.8 Å². The summed E-state index contributed by atoms with van der Waals surface area (Å²) < 4.78 is 38.3. The number of nitrogens with one attached hydrogen (secondary N) is 2. The number of hydrogen-bond acceptors (Lipinski definition) is 2. The Morgan fingerprint density at radius 3 is 2.35 bits per heavy atom. The van der Waals surface area contributed by atoms with Gasteiger partial charge in [-0.2, -0.15) is 0 Å². The molecule has 0 heterocycles. The highest BCUT2D eigenvalue weighted by Gasteiger charge is 2.30. The van der Waals surface area contributed by atoms with Gasteiger partial charge in [0.05, 0.1) is 6.04 Å².